The van der Waals surface area contributed by atoms with Crippen molar-refractivity contribution in [3.8, 4) is 0 Å². The van der Waals surface area contributed by atoms with Crippen LogP contribution in [0.2, 0.25) is 0 Å². The zero-order chi connectivity index (χ0) is 9.07. The summed E-state index contributed by atoms with van der Waals surface area (Å²) in [6, 6.07) is 0. The van der Waals surface area contributed by atoms with E-state index in [1.807, 2.05) is 21.0 Å². The molecule has 0 bridgehead atoms. The number of carboxylic acid groups (broad SMARTS) is 1. The van der Waals surface area contributed by atoms with Gasteiger partial charge in [0.2, 0.25) is 0 Å². The maximum atomic E-state index is 10.4. The van der Waals surface area contributed by atoms with Crippen molar-refractivity contribution >= 4 is 5.97 Å². The highest BCUT2D eigenvalue weighted by molar-refractivity contribution is 5.67. The van der Waals surface area contributed by atoms with Crippen LogP contribution < -0.4 is 5.73 Å². The minimum absolute atomic E-state index is 0.0784. The third-order valence-corrected chi connectivity index (χ3v) is 1.86. The van der Waals surface area contributed by atoms with Crippen LogP contribution in [-0.4, -0.2) is 42.4 Å². The molecule has 0 spiro atoms. The predicted octanol–water partition coefficient (Wildman–Crippen LogP) is -0.158. The molecule has 0 radical (unpaired) electrons. The number of hydrogen-bond donors (Lipinski definition) is 2. The normalized spacial score (nSPS) is 14.5. The topological polar surface area (TPSA) is 63.3 Å². The van der Waals surface area contributed by atoms with Crippen molar-refractivity contribution < 1.29 is 14.4 Å². The number of nitrogens with two attached hydrogens (primary N) is 1. The second-order valence-electron chi connectivity index (χ2n) is 3.31. The van der Waals surface area contributed by atoms with Gasteiger partial charge in [0.25, 0.3) is 0 Å². The van der Waals surface area contributed by atoms with E-state index in [0.29, 0.717) is 4.48 Å². The number of nitrogens with zero attached hydrogens (tertiary/aromatic N) is 1. The number of quaternary nitrogens is 1. The first-order chi connectivity index (χ1) is 4.90. The maximum absolute atomic E-state index is 10.4. The minimum Gasteiger partial charge on any atom is -0.477 e. The number of hydrogen-bond acceptors (Lipinski definition) is 2. The van der Waals surface area contributed by atoms with Crippen molar-refractivity contribution in [2.75, 3.05) is 20.6 Å². The molecule has 0 heterocycles. The van der Waals surface area contributed by atoms with E-state index in [2.05, 4.69) is 0 Å². The van der Waals surface area contributed by atoms with Crippen molar-refractivity contribution in [1.29, 1.82) is 0 Å². The monoisotopic (exact) mass is 161 g/mol. The Morgan fingerprint density at radius 3 is 2.36 bits per heavy atom. The Morgan fingerprint density at radius 2 is 2.09 bits per heavy atom. The smallest absolute Gasteiger partial charge is 0.359 e. The summed E-state index contributed by atoms with van der Waals surface area (Å²) in [6.07, 6.45) is 0.700. The lowest BCUT2D eigenvalue weighted by Crippen LogP contribution is -2.55. The van der Waals surface area contributed by atoms with Gasteiger partial charge in [0.15, 0.2) is 6.54 Å². The number of rotatable bonds is 4. The average Bonchev–Trinajstić information content (AvgIpc) is 1.83. The maximum Gasteiger partial charge on any atom is 0.359 e. The SMILES string of the molecule is CCC(N)[N+](C)(C)CC(=O)O. The number of aliphatic carboxylic acids is 1. The fraction of sp³-hybridized carbons (Fsp3) is 0.857. The van der Waals surface area contributed by atoms with Gasteiger partial charge in [0.1, 0.15) is 6.17 Å². The lowest BCUT2D eigenvalue weighted by Gasteiger charge is -2.33. The van der Waals surface area contributed by atoms with Crippen molar-refractivity contribution in [2.24, 2.45) is 5.73 Å². The summed E-state index contributed by atoms with van der Waals surface area (Å²) in [5.74, 6) is -0.807. The Labute approximate surface area is 67.2 Å². The van der Waals surface area contributed by atoms with Crippen LogP contribution in [0.4, 0.5) is 0 Å². The molecule has 0 saturated heterocycles. The van der Waals surface area contributed by atoms with E-state index in [9.17, 15) is 4.79 Å². The Balaban J connectivity index is 4.08. The Bertz CT molecular complexity index is 145. The molecule has 66 valence electrons. The summed E-state index contributed by atoms with van der Waals surface area (Å²) >= 11 is 0. The predicted molar refractivity (Wildman–Crippen MR) is 42.9 cm³/mol. The van der Waals surface area contributed by atoms with E-state index in [1.165, 1.54) is 0 Å². The van der Waals surface area contributed by atoms with Crippen LogP contribution in [0.25, 0.3) is 0 Å². The van der Waals surface area contributed by atoms with Gasteiger partial charge in [-0.25, -0.2) is 4.79 Å². The molecule has 0 aliphatic heterocycles. The van der Waals surface area contributed by atoms with Gasteiger partial charge in [0.05, 0.1) is 14.1 Å². The van der Waals surface area contributed by atoms with E-state index < -0.39 is 5.97 Å². The summed E-state index contributed by atoms with van der Waals surface area (Å²) < 4.78 is 0.339. The zero-order valence-corrected chi connectivity index (χ0v) is 7.37. The van der Waals surface area contributed by atoms with Gasteiger partial charge >= 0.3 is 5.97 Å². The highest BCUT2D eigenvalue weighted by atomic mass is 16.4. The highest BCUT2D eigenvalue weighted by Gasteiger charge is 2.25. The summed E-state index contributed by atoms with van der Waals surface area (Å²) in [7, 11) is 3.64. The largest absolute Gasteiger partial charge is 0.477 e. The molecule has 0 rings (SSSR count). The first-order valence-electron chi connectivity index (χ1n) is 3.70. The quantitative estimate of drug-likeness (QED) is 0.445. The van der Waals surface area contributed by atoms with E-state index in [0.717, 1.165) is 6.42 Å². The van der Waals surface area contributed by atoms with E-state index in [-0.39, 0.29) is 12.7 Å². The van der Waals surface area contributed by atoms with Gasteiger partial charge < -0.3 is 9.59 Å². The highest BCUT2D eigenvalue weighted by Crippen LogP contribution is 2.03. The summed E-state index contributed by atoms with van der Waals surface area (Å²) in [6.45, 7) is 2.03. The molecule has 0 aromatic rings. The molecule has 0 saturated carbocycles. The zero-order valence-electron chi connectivity index (χ0n) is 7.37. The second kappa shape index (κ2) is 3.69. The first-order valence-corrected chi connectivity index (χ1v) is 3.70. The molecule has 0 amide bonds. The Kier molecular flexibility index (Phi) is 3.48. The summed E-state index contributed by atoms with van der Waals surface area (Å²) in [5, 5.41) is 8.52. The molecule has 4 nitrogen and oxygen atoms in total. The van der Waals surface area contributed by atoms with Crippen LogP contribution in [0.3, 0.4) is 0 Å². The number of carbonyl (C=O) groups is 1. The lowest BCUT2D eigenvalue weighted by molar-refractivity contribution is -0.908. The average molecular weight is 161 g/mol. The minimum atomic E-state index is -0.807. The van der Waals surface area contributed by atoms with Crippen LogP contribution in [-0.2, 0) is 4.79 Å². The summed E-state index contributed by atoms with van der Waals surface area (Å²) in [4.78, 5) is 10.4. The molecule has 1 atom stereocenters. The molecule has 0 aliphatic rings. The van der Waals surface area contributed by atoms with Crippen LogP contribution >= 0.6 is 0 Å². The van der Waals surface area contributed by atoms with Crippen LogP contribution in [0.5, 0.6) is 0 Å². The molecular formula is C7H17N2O2+. The standard InChI is InChI=1S/C7H16N2O2/c1-4-6(8)9(2,3)5-7(10)11/h6H,4-5,8H2,1-3H3/p+1. The third kappa shape index (κ3) is 3.34. The lowest BCUT2D eigenvalue weighted by atomic mass is 10.3. The van der Waals surface area contributed by atoms with Gasteiger partial charge in [-0.3, -0.25) is 5.73 Å². The molecule has 0 aromatic carbocycles. The van der Waals surface area contributed by atoms with Crippen LogP contribution in [0.15, 0.2) is 0 Å². The van der Waals surface area contributed by atoms with Gasteiger partial charge in [-0.15, -0.1) is 0 Å². The Hall–Kier alpha value is -0.610. The van der Waals surface area contributed by atoms with Crippen LogP contribution in [0.1, 0.15) is 13.3 Å². The molecule has 0 aliphatic carbocycles. The van der Waals surface area contributed by atoms with Gasteiger partial charge in [-0.2, -0.15) is 0 Å². The number of likely N-dealkylation sites (N-methyl/N-ethyl adjacent to an activating group) is 1. The molecule has 3 N–H and O–H groups in total. The fourth-order valence-corrected chi connectivity index (χ4v) is 0.960. The number of carboxylic acids is 1. The first kappa shape index (κ1) is 10.4. The third-order valence-electron chi connectivity index (χ3n) is 1.86. The second-order valence-corrected chi connectivity index (χ2v) is 3.31. The van der Waals surface area contributed by atoms with Crippen molar-refractivity contribution in [3.05, 3.63) is 0 Å². The van der Waals surface area contributed by atoms with Crippen molar-refractivity contribution in [3.63, 3.8) is 0 Å². The van der Waals surface area contributed by atoms with Gasteiger partial charge in [-0.05, 0) is 0 Å². The molecule has 1 unspecified atom stereocenters. The van der Waals surface area contributed by atoms with Gasteiger partial charge in [0, 0.05) is 6.42 Å². The van der Waals surface area contributed by atoms with Crippen molar-refractivity contribution in [2.45, 2.75) is 19.5 Å². The van der Waals surface area contributed by atoms with E-state index >= 15 is 0 Å². The van der Waals surface area contributed by atoms with E-state index in [1.54, 1.807) is 0 Å². The van der Waals surface area contributed by atoms with Crippen molar-refractivity contribution in [1.82, 2.24) is 0 Å². The molecule has 11 heavy (non-hydrogen) atoms. The Morgan fingerprint density at radius 1 is 1.64 bits per heavy atom. The fourth-order valence-electron chi connectivity index (χ4n) is 0.960. The molecular weight excluding hydrogens is 144 g/mol. The summed E-state index contributed by atoms with van der Waals surface area (Å²) in [5.41, 5.74) is 5.71. The van der Waals surface area contributed by atoms with Crippen LogP contribution in [0, 0.1) is 0 Å². The van der Waals surface area contributed by atoms with Gasteiger partial charge in [-0.1, -0.05) is 6.92 Å². The molecule has 0 aromatic heterocycles. The molecule has 0 fully saturated rings. The van der Waals surface area contributed by atoms with E-state index in [4.69, 9.17) is 10.8 Å². The molecule has 4 heteroatoms.